The lowest BCUT2D eigenvalue weighted by molar-refractivity contribution is 0.0731. The normalized spacial score (nSPS) is 17.0. The molecule has 1 aliphatic rings. The number of aryl methyl sites for hydroxylation is 1. The Labute approximate surface area is 174 Å². The second-order valence-corrected chi connectivity index (χ2v) is 9.93. The van der Waals surface area contributed by atoms with E-state index >= 15 is 0 Å². The number of nitrogens with one attached hydrogen (secondary N) is 1. The van der Waals surface area contributed by atoms with Gasteiger partial charge in [-0.3, -0.25) is 4.79 Å². The minimum Gasteiger partial charge on any atom is -0.353 e. The van der Waals surface area contributed by atoms with Crippen LogP contribution in [-0.2, 0) is 23.6 Å². The molecule has 4 rings (SSSR count). The fourth-order valence-electron chi connectivity index (χ4n) is 3.76. The molecule has 0 aliphatic carbocycles. The molecule has 0 spiro atoms. The molecule has 3 aromatic rings. The highest BCUT2D eigenvalue weighted by Crippen LogP contribution is 2.33. The zero-order valence-corrected chi connectivity index (χ0v) is 17.7. The first-order chi connectivity index (χ1) is 14.0. The van der Waals surface area contributed by atoms with Gasteiger partial charge in [0.25, 0.3) is 5.91 Å². The van der Waals surface area contributed by atoms with E-state index in [1.54, 1.807) is 12.1 Å². The number of rotatable bonds is 6. The summed E-state index contributed by atoms with van der Waals surface area (Å²) in [6.45, 7) is 0.905. The second kappa shape index (κ2) is 8.14. The van der Waals surface area contributed by atoms with Crippen molar-refractivity contribution in [3.8, 4) is 0 Å². The van der Waals surface area contributed by atoms with E-state index in [1.807, 2.05) is 52.4 Å². The summed E-state index contributed by atoms with van der Waals surface area (Å²) < 4.78 is 30.0. The monoisotopic (exact) mass is 429 g/mol. The van der Waals surface area contributed by atoms with Crippen LogP contribution in [0, 0.1) is 0 Å². The average molecular weight is 430 g/mol. The lowest BCUT2D eigenvalue weighted by atomic mass is 10.1. The second-order valence-electron chi connectivity index (χ2n) is 7.13. The molecule has 29 heavy (non-hydrogen) atoms. The first-order valence-electron chi connectivity index (χ1n) is 9.50. The van der Waals surface area contributed by atoms with E-state index in [9.17, 15) is 13.2 Å². The maximum Gasteiger partial charge on any atom is 0.254 e. The minimum absolute atomic E-state index is 0.0136. The van der Waals surface area contributed by atoms with Crippen molar-refractivity contribution < 1.29 is 13.2 Å². The molecule has 0 saturated carbocycles. The van der Waals surface area contributed by atoms with Crippen LogP contribution in [0.1, 0.15) is 39.8 Å². The Balaban J connectivity index is 1.55. The van der Waals surface area contributed by atoms with Gasteiger partial charge in [-0.1, -0.05) is 12.1 Å². The molecule has 2 aromatic heterocycles. The van der Waals surface area contributed by atoms with Crippen LogP contribution in [0.25, 0.3) is 0 Å². The van der Waals surface area contributed by atoms with Crippen LogP contribution < -0.4 is 4.72 Å². The zero-order chi connectivity index (χ0) is 20.4. The third-order valence-corrected chi connectivity index (χ3v) is 7.52. The Kier molecular flexibility index (Phi) is 5.58. The van der Waals surface area contributed by atoms with Crippen molar-refractivity contribution in [3.05, 3.63) is 76.2 Å². The lowest BCUT2D eigenvalue weighted by Crippen LogP contribution is -2.31. The molecule has 1 amide bonds. The van der Waals surface area contributed by atoms with Crippen LogP contribution in [-0.4, -0.2) is 30.3 Å². The highest BCUT2D eigenvalue weighted by molar-refractivity contribution is 7.89. The lowest BCUT2D eigenvalue weighted by Gasteiger charge is -2.25. The van der Waals surface area contributed by atoms with Crippen LogP contribution in [0.3, 0.4) is 0 Å². The predicted octanol–water partition coefficient (Wildman–Crippen LogP) is 3.54. The first-order valence-corrected chi connectivity index (χ1v) is 11.9. The summed E-state index contributed by atoms with van der Waals surface area (Å²) in [7, 11) is -1.72. The van der Waals surface area contributed by atoms with Crippen molar-refractivity contribution in [1.82, 2.24) is 14.2 Å². The summed E-state index contributed by atoms with van der Waals surface area (Å²) >= 11 is 1.49. The number of amides is 1. The first kappa shape index (κ1) is 19.9. The molecule has 1 saturated heterocycles. The van der Waals surface area contributed by atoms with Crippen LogP contribution >= 0.6 is 11.3 Å². The van der Waals surface area contributed by atoms with Gasteiger partial charge in [0.1, 0.15) is 0 Å². The number of hydrogen-bond donors (Lipinski definition) is 1. The molecule has 3 heterocycles. The third kappa shape index (κ3) is 4.14. The van der Waals surface area contributed by atoms with Crippen molar-refractivity contribution in [1.29, 1.82) is 0 Å². The van der Waals surface area contributed by atoms with Gasteiger partial charge < -0.3 is 9.47 Å². The Morgan fingerprint density at radius 1 is 1.21 bits per heavy atom. The fraction of sp³-hybridized carbons (Fsp3) is 0.286. The average Bonchev–Trinajstić information content (AvgIpc) is 3.47. The van der Waals surface area contributed by atoms with Gasteiger partial charge in [0.15, 0.2) is 0 Å². The number of likely N-dealkylation sites (tertiary alicyclic amines) is 1. The molecule has 152 valence electrons. The Hall–Kier alpha value is -2.42. The van der Waals surface area contributed by atoms with Crippen LogP contribution in [0.4, 0.5) is 0 Å². The molecule has 0 bridgehead atoms. The number of hydrogen-bond acceptors (Lipinski definition) is 4. The Morgan fingerprint density at radius 2 is 2.07 bits per heavy atom. The maximum atomic E-state index is 13.2. The van der Waals surface area contributed by atoms with Crippen LogP contribution in [0.5, 0.6) is 0 Å². The van der Waals surface area contributed by atoms with Crippen molar-refractivity contribution in [2.45, 2.75) is 30.3 Å². The van der Waals surface area contributed by atoms with Gasteiger partial charge >= 0.3 is 0 Å². The maximum absolute atomic E-state index is 13.2. The van der Waals surface area contributed by atoms with Gasteiger partial charge in [-0.15, -0.1) is 11.3 Å². The number of nitrogens with zero attached hydrogens (tertiary/aromatic N) is 2. The number of aromatic nitrogens is 1. The summed E-state index contributed by atoms with van der Waals surface area (Å²) in [4.78, 5) is 16.1. The van der Waals surface area contributed by atoms with Crippen molar-refractivity contribution in [3.63, 3.8) is 0 Å². The molecule has 1 atom stereocenters. The van der Waals surface area contributed by atoms with Crippen molar-refractivity contribution >= 4 is 27.3 Å². The van der Waals surface area contributed by atoms with E-state index in [0.717, 1.165) is 23.4 Å². The summed E-state index contributed by atoms with van der Waals surface area (Å²) in [5, 5.41) is 1.90. The van der Waals surface area contributed by atoms with E-state index in [0.29, 0.717) is 12.1 Å². The molecule has 1 N–H and O–H groups in total. The van der Waals surface area contributed by atoms with Crippen molar-refractivity contribution in [2.75, 3.05) is 6.54 Å². The van der Waals surface area contributed by atoms with E-state index in [2.05, 4.69) is 4.72 Å². The molecule has 1 aliphatic heterocycles. The van der Waals surface area contributed by atoms with Gasteiger partial charge in [-0.05, 0) is 54.6 Å². The largest absolute Gasteiger partial charge is 0.353 e. The summed E-state index contributed by atoms with van der Waals surface area (Å²) in [5.41, 5.74) is 1.49. The predicted molar refractivity (Wildman–Crippen MR) is 113 cm³/mol. The van der Waals surface area contributed by atoms with Crippen LogP contribution in [0.2, 0.25) is 0 Å². The third-order valence-electron chi connectivity index (χ3n) is 5.25. The van der Waals surface area contributed by atoms with E-state index in [1.165, 1.54) is 23.5 Å². The highest BCUT2D eigenvalue weighted by atomic mass is 32.2. The smallest absolute Gasteiger partial charge is 0.254 e. The quantitative estimate of drug-likeness (QED) is 0.651. The Bertz CT molecular complexity index is 1100. The standard InChI is InChI=1S/C21H23N3O3S2/c1-23-11-3-9-19(23)20-10-4-12-24(20)21(25)16-6-2-8-18(14-16)29(26,27)22-15-17-7-5-13-28-17/h2-3,5-9,11,13-14,20,22H,4,10,12,15H2,1H3. The highest BCUT2D eigenvalue weighted by Gasteiger charge is 2.32. The molecule has 1 aromatic carbocycles. The topological polar surface area (TPSA) is 71.4 Å². The molecular weight excluding hydrogens is 406 g/mol. The van der Waals surface area contributed by atoms with Crippen LogP contribution in [0.15, 0.2) is 65.0 Å². The fourth-order valence-corrected chi connectivity index (χ4v) is 5.55. The molecule has 8 heteroatoms. The zero-order valence-electron chi connectivity index (χ0n) is 16.1. The SMILES string of the molecule is Cn1cccc1C1CCCN1C(=O)c1cccc(S(=O)(=O)NCc2cccs2)c1. The van der Waals surface area contributed by atoms with E-state index in [4.69, 9.17) is 0 Å². The van der Waals surface area contributed by atoms with Gasteiger partial charge in [-0.25, -0.2) is 13.1 Å². The number of carbonyl (C=O) groups excluding carboxylic acids is 1. The number of sulfonamides is 1. The summed E-state index contributed by atoms with van der Waals surface area (Å²) in [6.07, 6.45) is 3.81. The van der Waals surface area contributed by atoms with Gasteiger partial charge in [0, 0.05) is 42.5 Å². The van der Waals surface area contributed by atoms with Gasteiger partial charge in [-0.2, -0.15) is 0 Å². The number of thiophene rings is 1. The Morgan fingerprint density at radius 3 is 2.79 bits per heavy atom. The molecule has 0 radical (unpaired) electrons. The molecule has 6 nitrogen and oxygen atoms in total. The summed E-state index contributed by atoms with van der Waals surface area (Å²) in [6, 6.07) is 14.1. The minimum atomic E-state index is -3.70. The number of benzene rings is 1. The van der Waals surface area contributed by atoms with Crippen molar-refractivity contribution in [2.24, 2.45) is 7.05 Å². The van der Waals surface area contributed by atoms with E-state index in [-0.39, 0.29) is 23.4 Å². The molecule has 1 fully saturated rings. The van der Waals surface area contributed by atoms with Gasteiger partial charge in [0.2, 0.25) is 10.0 Å². The molecule has 1 unspecified atom stereocenters. The summed E-state index contributed by atoms with van der Waals surface area (Å²) in [5.74, 6) is -0.135. The van der Waals surface area contributed by atoms with E-state index < -0.39 is 10.0 Å². The van der Waals surface area contributed by atoms with Gasteiger partial charge in [0.05, 0.1) is 10.9 Å². The molecular formula is C21H23N3O3S2. The number of carbonyl (C=O) groups is 1.